The Kier molecular flexibility index (Phi) is 4.17. The third-order valence-electron chi connectivity index (χ3n) is 4.34. The lowest BCUT2D eigenvalue weighted by atomic mass is 10.0. The van der Waals surface area contributed by atoms with Gasteiger partial charge in [-0.15, -0.1) is 0 Å². The lowest BCUT2D eigenvalue weighted by molar-refractivity contribution is -0.142. The lowest BCUT2D eigenvalue weighted by Gasteiger charge is -2.32. The maximum atomic E-state index is 12.5. The molecule has 110 valence electrons. The molecule has 0 amide bonds. The fourth-order valence-corrected chi connectivity index (χ4v) is 4.68. The second-order valence-corrected chi connectivity index (χ2v) is 7.74. The molecule has 3 unspecified atom stereocenters. The van der Waals surface area contributed by atoms with Crippen molar-refractivity contribution in [2.75, 3.05) is 26.2 Å². The largest absolute Gasteiger partial charge is 0.481 e. The second kappa shape index (κ2) is 5.38. The molecule has 0 aromatic carbocycles. The van der Waals surface area contributed by atoms with Gasteiger partial charge in [0.05, 0.1) is 5.92 Å². The van der Waals surface area contributed by atoms with Crippen molar-refractivity contribution in [3.05, 3.63) is 0 Å². The minimum atomic E-state index is -3.49. The summed E-state index contributed by atoms with van der Waals surface area (Å²) >= 11 is 0. The topological polar surface area (TPSA) is 77.9 Å². The summed E-state index contributed by atoms with van der Waals surface area (Å²) in [6.07, 6.45) is 1.18. The van der Waals surface area contributed by atoms with Gasteiger partial charge in [0.25, 0.3) is 10.2 Å². The van der Waals surface area contributed by atoms with Gasteiger partial charge in [-0.2, -0.15) is 17.0 Å². The molecule has 1 N–H and O–H groups in total. The molecule has 2 fully saturated rings. The number of hydrogen-bond acceptors (Lipinski definition) is 3. The zero-order chi connectivity index (χ0) is 14.2. The fraction of sp³-hybridized carbons (Fsp3) is 0.917. The summed E-state index contributed by atoms with van der Waals surface area (Å²) in [5.74, 6) is -0.756. The Labute approximate surface area is 114 Å². The number of aliphatic carboxylic acids is 1. The first-order chi connectivity index (χ1) is 8.82. The molecule has 0 radical (unpaired) electrons. The van der Waals surface area contributed by atoms with Crippen molar-refractivity contribution in [3.8, 4) is 0 Å². The van der Waals surface area contributed by atoms with Crippen molar-refractivity contribution in [1.29, 1.82) is 0 Å². The summed E-state index contributed by atoms with van der Waals surface area (Å²) in [5.41, 5.74) is 0. The summed E-state index contributed by atoms with van der Waals surface area (Å²) in [5, 5.41) is 9.04. The minimum absolute atomic E-state index is 0.108. The molecule has 19 heavy (non-hydrogen) atoms. The van der Waals surface area contributed by atoms with Crippen LogP contribution in [0.15, 0.2) is 0 Å². The van der Waals surface area contributed by atoms with Gasteiger partial charge in [0.2, 0.25) is 0 Å². The molecular formula is C12H22N2O4S. The van der Waals surface area contributed by atoms with E-state index in [4.69, 9.17) is 5.11 Å². The van der Waals surface area contributed by atoms with Crippen molar-refractivity contribution in [2.45, 2.75) is 26.7 Å². The Morgan fingerprint density at radius 2 is 1.68 bits per heavy atom. The van der Waals surface area contributed by atoms with E-state index >= 15 is 0 Å². The Hall–Kier alpha value is -0.660. The highest BCUT2D eigenvalue weighted by Crippen LogP contribution is 2.28. The quantitative estimate of drug-likeness (QED) is 0.826. The summed E-state index contributed by atoms with van der Waals surface area (Å²) < 4.78 is 27.9. The van der Waals surface area contributed by atoms with E-state index in [0.29, 0.717) is 44.3 Å². The van der Waals surface area contributed by atoms with Crippen LogP contribution in [0.3, 0.4) is 0 Å². The second-order valence-electron chi connectivity index (χ2n) is 5.81. The van der Waals surface area contributed by atoms with Gasteiger partial charge in [-0.25, -0.2) is 0 Å². The van der Waals surface area contributed by atoms with Crippen LogP contribution in [0.5, 0.6) is 0 Å². The van der Waals surface area contributed by atoms with E-state index in [1.165, 1.54) is 8.61 Å². The molecule has 2 aliphatic rings. The van der Waals surface area contributed by atoms with Gasteiger partial charge in [0, 0.05) is 26.2 Å². The minimum Gasteiger partial charge on any atom is -0.481 e. The zero-order valence-electron chi connectivity index (χ0n) is 11.4. The summed E-state index contributed by atoms with van der Waals surface area (Å²) in [7, 11) is -3.49. The Balaban J connectivity index is 2.09. The molecule has 0 bridgehead atoms. The van der Waals surface area contributed by atoms with Gasteiger partial charge in [-0.1, -0.05) is 13.8 Å². The number of piperidine rings is 1. The standard InChI is InChI=1S/C12H22N2O4S/c1-9-6-14(7-10(9)2)19(17,18)13-5-3-4-11(8-13)12(15)16/h9-11H,3-8H2,1-2H3,(H,15,16). The van der Waals surface area contributed by atoms with Gasteiger partial charge in [-0.05, 0) is 24.7 Å². The number of carboxylic acids is 1. The van der Waals surface area contributed by atoms with E-state index in [1.807, 2.05) is 0 Å². The van der Waals surface area contributed by atoms with E-state index in [0.717, 1.165) is 0 Å². The van der Waals surface area contributed by atoms with E-state index < -0.39 is 22.1 Å². The molecule has 2 heterocycles. The molecule has 2 rings (SSSR count). The molecule has 7 heteroatoms. The first-order valence-corrected chi connectivity index (χ1v) is 8.20. The highest BCUT2D eigenvalue weighted by Gasteiger charge is 2.40. The molecule has 3 atom stereocenters. The van der Waals surface area contributed by atoms with Crippen molar-refractivity contribution >= 4 is 16.2 Å². The van der Waals surface area contributed by atoms with E-state index in [9.17, 15) is 13.2 Å². The van der Waals surface area contributed by atoms with Crippen molar-refractivity contribution in [3.63, 3.8) is 0 Å². The molecule has 2 saturated heterocycles. The molecule has 0 aromatic heterocycles. The predicted octanol–water partition coefficient (Wildman–Crippen LogP) is 0.616. The fourth-order valence-electron chi connectivity index (χ4n) is 2.78. The van der Waals surface area contributed by atoms with Crippen LogP contribution in [0.25, 0.3) is 0 Å². The predicted molar refractivity (Wildman–Crippen MR) is 70.8 cm³/mol. The van der Waals surface area contributed by atoms with Gasteiger partial charge in [0.15, 0.2) is 0 Å². The van der Waals surface area contributed by atoms with E-state index in [-0.39, 0.29) is 6.54 Å². The summed E-state index contributed by atoms with van der Waals surface area (Å²) in [4.78, 5) is 11.0. The van der Waals surface area contributed by atoms with Gasteiger partial charge in [-0.3, -0.25) is 4.79 Å². The van der Waals surface area contributed by atoms with Gasteiger partial charge < -0.3 is 5.11 Å². The SMILES string of the molecule is CC1CN(S(=O)(=O)N2CCCC(C(=O)O)C2)CC1C. The van der Waals surface area contributed by atoms with Crippen LogP contribution < -0.4 is 0 Å². The number of carboxylic acid groups (broad SMARTS) is 1. The smallest absolute Gasteiger partial charge is 0.307 e. The molecule has 0 spiro atoms. The average Bonchev–Trinajstić information content (AvgIpc) is 2.70. The monoisotopic (exact) mass is 290 g/mol. The molecule has 6 nitrogen and oxygen atoms in total. The number of rotatable bonds is 3. The van der Waals surface area contributed by atoms with Crippen LogP contribution in [0, 0.1) is 17.8 Å². The van der Waals surface area contributed by atoms with E-state index in [1.54, 1.807) is 0 Å². The first-order valence-electron chi connectivity index (χ1n) is 6.80. The number of nitrogens with zero attached hydrogens (tertiary/aromatic N) is 2. The van der Waals surface area contributed by atoms with E-state index in [2.05, 4.69) is 13.8 Å². The molecule has 0 aliphatic carbocycles. The van der Waals surface area contributed by atoms with Crippen LogP contribution in [0.1, 0.15) is 26.7 Å². The summed E-state index contributed by atoms with van der Waals surface area (Å²) in [6.45, 7) is 5.73. The zero-order valence-corrected chi connectivity index (χ0v) is 12.3. The molecule has 2 aliphatic heterocycles. The Morgan fingerprint density at radius 3 is 2.21 bits per heavy atom. The molecule has 0 aromatic rings. The highest BCUT2D eigenvalue weighted by atomic mass is 32.2. The maximum absolute atomic E-state index is 12.5. The van der Waals surface area contributed by atoms with Crippen molar-refractivity contribution in [2.24, 2.45) is 17.8 Å². The van der Waals surface area contributed by atoms with Gasteiger partial charge in [0.1, 0.15) is 0 Å². The lowest BCUT2D eigenvalue weighted by Crippen LogP contribution is -2.48. The number of hydrogen-bond donors (Lipinski definition) is 1. The maximum Gasteiger partial charge on any atom is 0.307 e. The Morgan fingerprint density at radius 1 is 1.11 bits per heavy atom. The molecular weight excluding hydrogens is 268 g/mol. The van der Waals surface area contributed by atoms with Crippen molar-refractivity contribution < 1.29 is 18.3 Å². The summed E-state index contributed by atoms with van der Waals surface area (Å²) in [6, 6.07) is 0. The normalized spacial score (nSPS) is 34.5. The van der Waals surface area contributed by atoms with Gasteiger partial charge >= 0.3 is 5.97 Å². The van der Waals surface area contributed by atoms with Crippen molar-refractivity contribution in [1.82, 2.24) is 8.61 Å². The third kappa shape index (κ3) is 2.93. The first kappa shape index (κ1) is 14.7. The van der Waals surface area contributed by atoms with Crippen LogP contribution in [0.2, 0.25) is 0 Å². The molecule has 0 saturated carbocycles. The van der Waals surface area contributed by atoms with Crippen LogP contribution in [0.4, 0.5) is 0 Å². The van der Waals surface area contributed by atoms with Crippen LogP contribution in [-0.2, 0) is 15.0 Å². The van der Waals surface area contributed by atoms with Crippen LogP contribution >= 0.6 is 0 Å². The third-order valence-corrected chi connectivity index (χ3v) is 6.28. The number of carbonyl (C=O) groups is 1. The highest BCUT2D eigenvalue weighted by molar-refractivity contribution is 7.86. The van der Waals surface area contributed by atoms with Crippen LogP contribution in [-0.4, -0.2) is 54.3 Å². The average molecular weight is 290 g/mol. The Bertz CT molecular complexity index is 441.